The first kappa shape index (κ1) is 12.1. The molecule has 1 saturated carbocycles. The number of aryl methyl sites for hydroxylation is 2. The molecule has 92 valence electrons. The summed E-state index contributed by atoms with van der Waals surface area (Å²) in [5.74, 6) is -1.24. The van der Waals surface area contributed by atoms with Gasteiger partial charge in [0.05, 0.1) is 4.90 Å². The van der Waals surface area contributed by atoms with Crippen molar-refractivity contribution in [2.45, 2.75) is 36.3 Å². The number of carbonyl (C=O) groups is 1. The highest BCUT2D eigenvalue weighted by molar-refractivity contribution is 7.94. The molecule has 0 spiro atoms. The van der Waals surface area contributed by atoms with Gasteiger partial charge in [0.1, 0.15) is 0 Å². The predicted molar refractivity (Wildman–Crippen MR) is 62.7 cm³/mol. The van der Waals surface area contributed by atoms with E-state index in [1.165, 1.54) is 6.07 Å². The maximum Gasteiger partial charge on any atom is 0.325 e. The van der Waals surface area contributed by atoms with Crippen LogP contribution in [0.2, 0.25) is 0 Å². The minimum absolute atomic E-state index is 0.142. The largest absolute Gasteiger partial charge is 0.480 e. The smallest absolute Gasteiger partial charge is 0.325 e. The summed E-state index contributed by atoms with van der Waals surface area (Å²) < 4.78 is 23.0. The van der Waals surface area contributed by atoms with Crippen molar-refractivity contribution in [3.63, 3.8) is 0 Å². The molecule has 1 aliphatic carbocycles. The fourth-order valence-electron chi connectivity index (χ4n) is 2.02. The monoisotopic (exact) mass is 254 g/mol. The van der Waals surface area contributed by atoms with Crippen molar-refractivity contribution in [3.05, 3.63) is 29.3 Å². The first-order valence-electron chi connectivity index (χ1n) is 5.36. The second-order valence-corrected chi connectivity index (χ2v) is 6.80. The number of rotatable bonds is 3. The number of sulfone groups is 1. The van der Waals surface area contributed by atoms with Crippen LogP contribution in [0, 0.1) is 13.8 Å². The Morgan fingerprint density at radius 1 is 1.29 bits per heavy atom. The van der Waals surface area contributed by atoms with Crippen molar-refractivity contribution in [2.24, 2.45) is 0 Å². The zero-order chi connectivity index (χ0) is 12.8. The summed E-state index contributed by atoms with van der Waals surface area (Å²) in [5.41, 5.74) is 1.57. The maximum atomic E-state index is 12.3. The summed E-state index contributed by atoms with van der Waals surface area (Å²) in [7, 11) is -3.77. The molecule has 1 aliphatic rings. The zero-order valence-electron chi connectivity index (χ0n) is 9.73. The van der Waals surface area contributed by atoms with Crippen LogP contribution in [-0.2, 0) is 14.6 Å². The minimum Gasteiger partial charge on any atom is -0.480 e. The van der Waals surface area contributed by atoms with E-state index in [0.29, 0.717) is 5.56 Å². The first-order valence-corrected chi connectivity index (χ1v) is 6.85. The molecule has 1 aromatic carbocycles. The lowest BCUT2D eigenvalue weighted by molar-refractivity contribution is -0.137. The summed E-state index contributed by atoms with van der Waals surface area (Å²) in [5, 5.41) is 9.07. The van der Waals surface area contributed by atoms with Crippen molar-refractivity contribution in [1.29, 1.82) is 0 Å². The van der Waals surface area contributed by atoms with Crippen LogP contribution in [0.1, 0.15) is 24.0 Å². The highest BCUT2D eigenvalue weighted by atomic mass is 32.2. The SMILES string of the molecule is Cc1ccc(S(=O)(=O)C2(C(=O)O)CC2)c(C)c1. The van der Waals surface area contributed by atoms with E-state index < -0.39 is 20.6 Å². The Kier molecular flexibility index (Phi) is 2.54. The molecule has 1 fully saturated rings. The molecule has 1 aromatic rings. The van der Waals surface area contributed by atoms with Crippen LogP contribution in [-0.4, -0.2) is 24.2 Å². The fraction of sp³-hybridized carbons (Fsp3) is 0.417. The third kappa shape index (κ3) is 1.65. The topological polar surface area (TPSA) is 71.4 Å². The van der Waals surface area contributed by atoms with Crippen molar-refractivity contribution < 1.29 is 18.3 Å². The lowest BCUT2D eigenvalue weighted by Crippen LogP contribution is -2.32. The Morgan fingerprint density at radius 2 is 1.88 bits per heavy atom. The molecule has 0 amide bonds. The number of benzene rings is 1. The van der Waals surface area contributed by atoms with Crippen LogP contribution in [0.3, 0.4) is 0 Å². The van der Waals surface area contributed by atoms with Gasteiger partial charge in [-0.25, -0.2) is 8.42 Å². The average Bonchev–Trinajstić information content (AvgIpc) is 2.96. The average molecular weight is 254 g/mol. The van der Waals surface area contributed by atoms with Gasteiger partial charge >= 0.3 is 5.97 Å². The molecular weight excluding hydrogens is 240 g/mol. The van der Waals surface area contributed by atoms with E-state index >= 15 is 0 Å². The standard InChI is InChI=1S/C12H14O4S/c1-8-3-4-10(9(2)7-8)17(15,16)12(5-6-12)11(13)14/h3-4,7H,5-6H2,1-2H3,(H,13,14). The van der Waals surface area contributed by atoms with Crippen LogP contribution in [0.25, 0.3) is 0 Å². The van der Waals surface area contributed by atoms with Gasteiger partial charge in [-0.15, -0.1) is 0 Å². The molecule has 0 unspecified atom stereocenters. The Morgan fingerprint density at radius 3 is 2.29 bits per heavy atom. The van der Waals surface area contributed by atoms with E-state index in [4.69, 9.17) is 5.11 Å². The highest BCUT2D eigenvalue weighted by Crippen LogP contribution is 2.47. The molecule has 1 N–H and O–H groups in total. The van der Waals surface area contributed by atoms with E-state index in [1.54, 1.807) is 19.1 Å². The van der Waals surface area contributed by atoms with E-state index in [9.17, 15) is 13.2 Å². The van der Waals surface area contributed by atoms with Crippen molar-refractivity contribution in [1.82, 2.24) is 0 Å². The van der Waals surface area contributed by atoms with Crippen molar-refractivity contribution in [3.8, 4) is 0 Å². The highest BCUT2D eigenvalue weighted by Gasteiger charge is 2.62. The Hall–Kier alpha value is -1.36. The molecule has 0 heterocycles. The molecule has 17 heavy (non-hydrogen) atoms. The second-order valence-electron chi connectivity index (χ2n) is 4.57. The minimum atomic E-state index is -3.77. The van der Waals surface area contributed by atoms with Gasteiger partial charge in [0.25, 0.3) is 0 Å². The molecule has 2 rings (SSSR count). The Balaban J connectivity index is 2.57. The van der Waals surface area contributed by atoms with E-state index in [0.717, 1.165) is 5.56 Å². The zero-order valence-corrected chi connectivity index (χ0v) is 10.5. The van der Waals surface area contributed by atoms with Crippen LogP contribution in [0.5, 0.6) is 0 Å². The lowest BCUT2D eigenvalue weighted by Gasteiger charge is -2.14. The van der Waals surface area contributed by atoms with Gasteiger partial charge in [0.15, 0.2) is 14.6 Å². The quantitative estimate of drug-likeness (QED) is 0.891. The van der Waals surface area contributed by atoms with Crippen molar-refractivity contribution >= 4 is 15.8 Å². The summed E-state index contributed by atoms with van der Waals surface area (Å²) >= 11 is 0. The van der Waals surface area contributed by atoms with Gasteiger partial charge in [-0.05, 0) is 38.3 Å². The van der Waals surface area contributed by atoms with Crippen LogP contribution >= 0.6 is 0 Å². The van der Waals surface area contributed by atoms with Crippen LogP contribution < -0.4 is 0 Å². The molecule has 5 heteroatoms. The molecule has 4 nitrogen and oxygen atoms in total. The predicted octanol–water partition coefficient (Wildman–Crippen LogP) is 1.69. The summed E-state index contributed by atoms with van der Waals surface area (Å²) in [6, 6.07) is 4.95. The Labute approximate surface area is 100 Å². The van der Waals surface area contributed by atoms with E-state index in [1.807, 2.05) is 6.92 Å². The van der Waals surface area contributed by atoms with Gasteiger partial charge in [-0.3, -0.25) is 4.79 Å². The van der Waals surface area contributed by atoms with E-state index in [2.05, 4.69) is 0 Å². The van der Waals surface area contributed by atoms with Gasteiger partial charge < -0.3 is 5.11 Å². The summed E-state index contributed by atoms with van der Waals surface area (Å²) in [6.07, 6.45) is 0.413. The van der Waals surface area contributed by atoms with E-state index in [-0.39, 0.29) is 17.7 Å². The van der Waals surface area contributed by atoms with Gasteiger partial charge in [-0.2, -0.15) is 0 Å². The molecule has 0 aromatic heterocycles. The normalized spacial score (nSPS) is 17.8. The molecule has 0 aliphatic heterocycles. The molecule has 0 saturated heterocycles. The van der Waals surface area contributed by atoms with Gasteiger partial charge in [0.2, 0.25) is 0 Å². The maximum absolute atomic E-state index is 12.3. The number of hydrogen-bond donors (Lipinski definition) is 1. The third-order valence-corrected chi connectivity index (χ3v) is 5.88. The molecular formula is C12H14O4S. The number of hydrogen-bond acceptors (Lipinski definition) is 3. The van der Waals surface area contributed by atoms with Crippen LogP contribution in [0.15, 0.2) is 23.1 Å². The Bertz CT molecular complexity index is 583. The second kappa shape index (κ2) is 3.57. The third-order valence-electron chi connectivity index (χ3n) is 3.23. The van der Waals surface area contributed by atoms with Crippen LogP contribution in [0.4, 0.5) is 0 Å². The van der Waals surface area contributed by atoms with Crippen molar-refractivity contribution in [2.75, 3.05) is 0 Å². The van der Waals surface area contributed by atoms with Gasteiger partial charge in [-0.1, -0.05) is 17.7 Å². The number of aliphatic carboxylic acids is 1. The molecule has 0 bridgehead atoms. The lowest BCUT2D eigenvalue weighted by atomic mass is 10.2. The summed E-state index contributed by atoms with van der Waals surface area (Å²) in [6.45, 7) is 3.56. The number of carboxylic acids is 1. The first-order chi connectivity index (χ1) is 7.81. The number of carboxylic acid groups (broad SMARTS) is 1. The molecule has 0 radical (unpaired) electrons. The van der Waals surface area contributed by atoms with Gasteiger partial charge in [0, 0.05) is 0 Å². The molecule has 0 atom stereocenters. The fourth-order valence-corrected chi connectivity index (χ4v) is 4.04. The summed E-state index contributed by atoms with van der Waals surface area (Å²) in [4.78, 5) is 11.2.